The molecule has 0 atom stereocenters. The van der Waals surface area contributed by atoms with Crippen molar-refractivity contribution in [1.82, 2.24) is 4.98 Å². The van der Waals surface area contributed by atoms with Gasteiger partial charge in [-0.1, -0.05) is 117 Å². The van der Waals surface area contributed by atoms with Crippen molar-refractivity contribution in [3.05, 3.63) is 101 Å². The predicted octanol–water partition coefficient (Wildman–Crippen LogP) is 13.2. The van der Waals surface area contributed by atoms with Gasteiger partial charge in [-0.25, -0.2) is 0 Å². The number of hydrogen-bond donors (Lipinski definition) is 1. The molecule has 0 spiro atoms. The maximum Gasteiger partial charge on any atom is 0.162 e. The van der Waals surface area contributed by atoms with E-state index in [9.17, 15) is 15.2 Å². The van der Waals surface area contributed by atoms with Crippen LogP contribution in [-0.2, 0) is 36.7 Å². The first-order chi connectivity index (χ1) is 24.1. The smallest absolute Gasteiger partial charge is 0.162 e. The minimum atomic E-state index is -0.0200. The predicted molar refractivity (Wildman–Crippen MR) is 217 cm³/mol. The van der Waals surface area contributed by atoms with Crippen LogP contribution in [0.2, 0.25) is 0 Å². The number of pyridine rings is 1. The number of ketones is 1. The van der Waals surface area contributed by atoms with E-state index in [1.54, 1.807) is 17.5 Å². The number of aliphatic hydroxyl groups is 1. The molecule has 6 heteroatoms. The van der Waals surface area contributed by atoms with Crippen molar-refractivity contribution < 1.29 is 30.0 Å². The van der Waals surface area contributed by atoms with Gasteiger partial charge in [0.05, 0.1) is 11.3 Å². The Morgan fingerprint density at radius 2 is 1.58 bits per heavy atom. The van der Waals surface area contributed by atoms with E-state index in [2.05, 4.69) is 114 Å². The van der Waals surface area contributed by atoms with Crippen LogP contribution in [0.3, 0.4) is 0 Å². The summed E-state index contributed by atoms with van der Waals surface area (Å²) in [4.78, 5) is 16.4. The molecule has 5 rings (SSSR count). The molecule has 2 heterocycles. The second-order valence-electron chi connectivity index (χ2n) is 15.8. The van der Waals surface area contributed by atoms with Gasteiger partial charge in [-0.05, 0) is 76.5 Å². The van der Waals surface area contributed by atoms with Crippen molar-refractivity contribution in [2.45, 2.75) is 107 Å². The van der Waals surface area contributed by atoms with Gasteiger partial charge in [0.15, 0.2) is 5.78 Å². The zero-order chi connectivity index (χ0) is 37.5. The standard InChI is InChI=1S/C33H31N2S.C13H24O2.Ir/c1-32(2,3)17-24-20-36-31-15-22(11-12-27(24)31)28-16-30(35-19-25(28)18-34)23-13-21-9-7-8-10-26(21)29(14-23)33(4,5)6;1-5-10(6-2)12(14)9-13(15)11(7-3)8-4;/h7-12,14-16,19-20H,17H2,1-6H3;9-11,14H,5-8H2,1-4H3;/q-1;;/b;12-9-;. The van der Waals surface area contributed by atoms with Gasteiger partial charge in [-0.2, -0.15) is 5.26 Å². The van der Waals surface area contributed by atoms with E-state index >= 15 is 0 Å². The van der Waals surface area contributed by atoms with E-state index in [0.717, 1.165) is 59.9 Å². The molecule has 0 fully saturated rings. The topological polar surface area (TPSA) is 74.0 Å². The van der Waals surface area contributed by atoms with Gasteiger partial charge in [0.25, 0.3) is 0 Å². The molecule has 0 aliphatic carbocycles. The summed E-state index contributed by atoms with van der Waals surface area (Å²) in [6.45, 7) is 21.6. The molecule has 0 saturated heterocycles. The molecule has 4 nitrogen and oxygen atoms in total. The maximum absolute atomic E-state index is 11.7. The van der Waals surface area contributed by atoms with Gasteiger partial charge in [0, 0.05) is 54.6 Å². The van der Waals surface area contributed by atoms with Crippen LogP contribution < -0.4 is 0 Å². The third-order valence-corrected chi connectivity index (χ3v) is 10.6. The van der Waals surface area contributed by atoms with Gasteiger partial charge in [0.1, 0.15) is 6.07 Å². The molecular formula is C46H55IrN2O2S-. The molecule has 1 N–H and O–H groups in total. The van der Waals surface area contributed by atoms with Gasteiger partial charge < -0.3 is 5.11 Å². The van der Waals surface area contributed by atoms with Gasteiger partial charge in [-0.3, -0.25) is 9.78 Å². The zero-order valence-corrected chi connectivity index (χ0v) is 35.8. The molecule has 0 aliphatic rings. The average Bonchev–Trinajstić information content (AvgIpc) is 3.48. The first kappa shape index (κ1) is 42.8. The summed E-state index contributed by atoms with van der Waals surface area (Å²) in [6, 6.07) is 25.2. The number of benzene rings is 3. The number of nitriles is 1. The van der Waals surface area contributed by atoms with Crippen LogP contribution in [0.25, 0.3) is 43.2 Å². The van der Waals surface area contributed by atoms with E-state index in [0.29, 0.717) is 5.56 Å². The van der Waals surface area contributed by atoms with Crippen LogP contribution in [0.5, 0.6) is 0 Å². The second kappa shape index (κ2) is 18.4. The first-order valence-electron chi connectivity index (χ1n) is 18.4. The van der Waals surface area contributed by atoms with E-state index < -0.39 is 0 Å². The molecule has 0 bridgehead atoms. The number of hydrogen-bond acceptors (Lipinski definition) is 5. The average molecular weight is 892 g/mol. The Morgan fingerprint density at radius 3 is 2.17 bits per heavy atom. The maximum atomic E-state index is 11.7. The van der Waals surface area contributed by atoms with Gasteiger partial charge >= 0.3 is 0 Å². The van der Waals surface area contributed by atoms with Crippen LogP contribution in [0.1, 0.15) is 112 Å². The third-order valence-electron chi connectivity index (χ3n) is 9.65. The number of thiophene rings is 1. The fraction of sp³-hybridized carbons (Fsp3) is 0.413. The van der Waals surface area contributed by atoms with Crippen LogP contribution >= 0.6 is 11.3 Å². The van der Waals surface area contributed by atoms with Crippen LogP contribution in [0, 0.1) is 34.6 Å². The van der Waals surface area contributed by atoms with E-state index in [-0.39, 0.29) is 54.3 Å². The third kappa shape index (κ3) is 10.5. The van der Waals surface area contributed by atoms with Crippen LogP contribution in [0.4, 0.5) is 0 Å². The number of aliphatic hydroxyl groups excluding tert-OH is 1. The molecule has 0 aliphatic heterocycles. The summed E-state index contributed by atoms with van der Waals surface area (Å²) in [6.07, 6.45) is 7.65. The van der Waals surface area contributed by atoms with Crippen molar-refractivity contribution in [3.63, 3.8) is 0 Å². The van der Waals surface area contributed by atoms with Crippen LogP contribution in [0.15, 0.2) is 78.0 Å². The van der Waals surface area contributed by atoms with E-state index in [1.165, 1.54) is 32.7 Å². The number of fused-ring (bicyclic) bond motifs is 2. The number of carbonyl (C=O) groups excluding carboxylic acids is 1. The molecule has 3 aromatic carbocycles. The molecule has 0 amide bonds. The number of allylic oxidation sites excluding steroid dienone is 2. The minimum Gasteiger partial charge on any atom is -0.512 e. The Morgan fingerprint density at radius 1 is 0.923 bits per heavy atom. The SMILES string of the molecule is CC(C)(C)Cc1csc2cc(-c3cc(-c4[c-]c5ccccc5c(C(C)(C)C)c4)ncc3C#N)ccc12.CCC(CC)C(=O)/C=C(\O)C(CC)CC.[Ir]. The molecule has 52 heavy (non-hydrogen) atoms. The summed E-state index contributed by atoms with van der Waals surface area (Å²) >= 11 is 1.78. The molecule has 1 radical (unpaired) electrons. The summed E-state index contributed by atoms with van der Waals surface area (Å²) in [5, 5.41) is 25.5. The monoisotopic (exact) mass is 892 g/mol. The van der Waals surface area contributed by atoms with Gasteiger partial charge in [-0.15, -0.1) is 40.5 Å². The Labute approximate surface area is 329 Å². The minimum absolute atomic E-state index is 0. The summed E-state index contributed by atoms with van der Waals surface area (Å²) < 4.78 is 1.25. The number of aromatic nitrogens is 1. The molecule has 0 unspecified atom stereocenters. The molecule has 2 aromatic heterocycles. The fourth-order valence-corrected chi connectivity index (χ4v) is 7.66. The number of carbonyl (C=O) groups is 1. The fourth-order valence-electron chi connectivity index (χ4n) is 6.66. The van der Waals surface area contributed by atoms with E-state index in [4.69, 9.17) is 4.98 Å². The zero-order valence-electron chi connectivity index (χ0n) is 32.6. The summed E-state index contributed by atoms with van der Waals surface area (Å²) in [7, 11) is 0. The second-order valence-corrected chi connectivity index (χ2v) is 16.7. The Kier molecular flexibility index (Phi) is 15.2. The molecule has 5 aromatic rings. The summed E-state index contributed by atoms with van der Waals surface area (Å²) in [5.41, 5.74) is 7.21. The van der Waals surface area contributed by atoms with Gasteiger partial charge in [0.2, 0.25) is 0 Å². The normalized spacial score (nSPS) is 12.1. The van der Waals surface area contributed by atoms with E-state index in [1.807, 2.05) is 27.7 Å². The molecular weight excluding hydrogens is 837 g/mol. The Hall–Kier alpha value is -3.62. The molecule has 277 valence electrons. The van der Waals surface area contributed by atoms with Crippen molar-refractivity contribution in [2.75, 3.05) is 0 Å². The van der Waals surface area contributed by atoms with Crippen molar-refractivity contribution in [2.24, 2.45) is 17.3 Å². The number of nitrogens with zero attached hydrogens (tertiary/aromatic N) is 2. The largest absolute Gasteiger partial charge is 0.512 e. The van der Waals surface area contributed by atoms with Crippen molar-refractivity contribution in [1.29, 1.82) is 5.26 Å². The summed E-state index contributed by atoms with van der Waals surface area (Å²) in [5.74, 6) is 0.547. The Bertz CT molecular complexity index is 2050. The first-order valence-corrected chi connectivity index (χ1v) is 19.3. The van der Waals surface area contributed by atoms with Crippen LogP contribution in [-0.4, -0.2) is 15.9 Å². The Balaban J connectivity index is 0.000000389. The molecule has 0 saturated carbocycles. The quantitative estimate of drug-likeness (QED) is 0.0861. The van der Waals surface area contributed by atoms with Crippen molar-refractivity contribution in [3.8, 4) is 28.5 Å². The number of rotatable bonds is 10. The van der Waals surface area contributed by atoms with Crippen molar-refractivity contribution >= 4 is 38.0 Å².